The Balaban J connectivity index is 1.83. The fourth-order valence-electron chi connectivity index (χ4n) is 2.18. The lowest BCUT2D eigenvalue weighted by Crippen LogP contribution is -2.11. The van der Waals surface area contributed by atoms with Crippen LogP contribution < -0.4 is 5.73 Å². The average molecular weight is 358 g/mol. The molecule has 0 spiro atoms. The summed E-state index contributed by atoms with van der Waals surface area (Å²) in [7, 11) is 0. The van der Waals surface area contributed by atoms with Gasteiger partial charge in [0.2, 0.25) is 0 Å². The summed E-state index contributed by atoms with van der Waals surface area (Å²) in [5.41, 5.74) is 6.47. The van der Waals surface area contributed by atoms with E-state index in [0.29, 0.717) is 0 Å². The number of nitrogens with zero attached hydrogens (tertiary/aromatic N) is 3. The predicted molar refractivity (Wildman–Crippen MR) is 84.4 cm³/mol. The Morgan fingerprint density at radius 2 is 2.09 bits per heavy atom. The van der Waals surface area contributed by atoms with Crippen LogP contribution in [0.4, 0.5) is 19.0 Å². The number of hydrogen-bond donors (Lipinski definition) is 1. The summed E-state index contributed by atoms with van der Waals surface area (Å²) in [6, 6.07) is 2.74. The molecule has 0 saturated carbocycles. The number of anilines is 1. The zero-order valence-corrected chi connectivity index (χ0v) is 13.7. The lowest BCUT2D eigenvalue weighted by atomic mass is 10.1. The van der Waals surface area contributed by atoms with Gasteiger partial charge in [-0.1, -0.05) is 11.8 Å². The predicted octanol–water partition coefficient (Wildman–Crippen LogP) is 3.97. The number of aromatic nitrogens is 3. The van der Waals surface area contributed by atoms with Crippen LogP contribution in [0.1, 0.15) is 29.1 Å². The summed E-state index contributed by atoms with van der Waals surface area (Å²) >= 11 is 2.88. The number of hydrogen-bond acceptors (Lipinski definition) is 6. The Morgan fingerprint density at radius 1 is 1.30 bits per heavy atom. The van der Waals surface area contributed by atoms with Crippen LogP contribution in [0.2, 0.25) is 0 Å². The van der Waals surface area contributed by atoms with Crippen LogP contribution in [0.25, 0.3) is 0 Å². The van der Waals surface area contributed by atoms with E-state index in [4.69, 9.17) is 5.73 Å². The van der Waals surface area contributed by atoms with Gasteiger partial charge in [0.05, 0.1) is 10.9 Å². The first-order valence-electron chi connectivity index (χ1n) is 6.83. The van der Waals surface area contributed by atoms with Crippen molar-refractivity contribution in [1.82, 2.24) is 15.0 Å². The van der Waals surface area contributed by atoms with Crippen molar-refractivity contribution in [2.24, 2.45) is 0 Å². The third kappa shape index (κ3) is 3.72. The number of rotatable bonds is 3. The zero-order valence-electron chi connectivity index (χ0n) is 12.1. The lowest BCUT2D eigenvalue weighted by Gasteiger charge is -2.13. The van der Waals surface area contributed by atoms with E-state index in [1.807, 2.05) is 19.2 Å². The number of alkyl halides is 3. The van der Waals surface area contributed by atoms with Crippen molar-refractivity contribution in [3.05, 3.63) is 35.3 Å². The van der Waals surface area contributed by atoms with Crippen molar-refractivity contribution in [1.29, 1.82) is 0 Å². The van der Waals surface area contributed by atoms with E-state index >= 15 is 0 Å². The maximum Gasteiger partial charge on any atom is 0.433 e. The molecule has 122 valence electrons. The Kier molecular flexibility index (Phi) is 4.41. The molecule has 0 aliphatic carbocycles. The third-order valence-corrected chi connectivity index (χ3v) is 5.39. The lowest BCUT2D eigenvalue weighted by molar-refractivity contribution is -0.141. The van der Waals surface area contributed by atoms with Crippen molar-refractivity contribution in [2.45, 2.75) is 34.8 Å². The van der Waals surface area contributed by atoms with Gasteiger partial charge < -0.3 is 5.73 Å². The minimum Gasteiger partial charge on any atom is -0.384 e. The number of pyridine rings is 1. The Morgan fingerprint density at radius 3 is 2.83 bits per heavy atom. The van der Waals surface area contributed by atoms with Gasteiger partial charge in [-0.25, -0.2) is 9.97 Å². The highest BCUT2D eigenvalue weighted by Crippen LogP contribution is 2.37. The van der Waals surface area contributed by atoms with E-state index in [-0.39, 0.29) is 16.2 Å². The van der Waals surface area contributed by atoms with Crippen LogP contribution in [0.3, 0.4) is 0 Å². The van der Waals surface area contributed by atoms with Gasteiger partial charge in [0, 0.05) is 22.9 Å². The highest BCUT2D eigenvalue weighted by molar-refractivity contribution is 7.99. The van der Waals surface area contributed by atoms with Crippen molar-refractivity contribution < 1.29 is 13.2 Å². The molecule has 0 aromatic carbocycles. The molecule has 1 aliphatic rings. The molecule has 2 aromatic rings. The van der Waals surface area contributed by atoms with E-state index in [1.54, 1.807) is 11.8 Å². The Labute approximate surface area is 139 Å². The van der Waals surface area contributed by atoms with Crippen molar-refractivity contribution >= 4 is 29.3 Å². The summed E-state index contributed by atoms with van der Waals surface area (Å²) < 4.78 is 38.4. The van der Waals surface area contributed by atoms with Crippen molar-refractivity contribution in [3.63, 3.8) is 0 Å². The molecule has 0 amide bonds. The van der Waals surface area contributed by atoms with Gasteiger partial charge >= 0.3 is 6.18 Å². The molecule has 2 aromatic heterocycles. The quantitative estimate of drug-likeness (QED) is 0.661. The van der Waals surface area contributed by atoms with Crippen molar-refractivity contribution in [2.75, 3.05) is 11.5 Å². The molecule has 3 rings (SSSR count). The van der Waals surface area contributed by atoms with Crippen LogP contribution in [-0.2, 0) is 12.6 Å². The largest absolute Gasteiger partial charge is 0.433 e. The Bertz CT molecular complexity index is 736. The van der Waals surface area contributed by atoms with Gasteiger partial charge in [0.1, 0.15) is 5.82 Å². The number of aryl methyl sites for hydroxylation is 1. The second-order valence-electron chi connectivity index (χ2n) is 5.03. The fourth-order valence-corrected chi connectivity index (χ4v) is 4.07. The van der Waals surface area contributed by atoms with Crippen LogP contribution >= 0.6 is 23.5 Å². The highest BCUT2D eigenvalue weighted by atomic mass is 32.2. The van der Waals surface area contributed by atoms with Gasteiger partial charge in [-0.2, -0.15) is 13.2 Å². The molecule has 23 heavy (non-hydrogen) atoms. The van der Waals surface area contributed by atoms with Crippen molar-refractivity contribution in [3.8, 4) is 0 Å². The minimum atomic E-state index is -4.54. The number of nitrogen functional groups attached to an aromatic ring is 1. The SMILES string of the molecule is CC(Sc1nc(N)cc(C(F)(F)F)n1)c1cc2c(cn1)SCC2. The second kappa shape index (κ2) is 6.20. The molecule has 0 saturated heterocycles. The number of thioether (sulfide) groups is 2. The summed E-state index contributed by atoms with van der Waals surface area (Å²) in [6.07, 6.45) is -1.74. The first kappa shape index (κ1) is 16.4. The maximum atomic E-state index is 12.8. The summed E-state index contributed by atoms with van der Waals surface area (Å²) in [4.78, 5) is 13.0. The van der Waals surface area contributed by atoms with Crippen LogP contribution in [-0.4, -0.2) is 20.7 Å². The number of halogens is 3. The molecule has 0 radical (unpaired) electrons. The monoisotopic (exact) mass is 358 g/mol. The molecular formula is C14H13F3N4S2. The molecule has 3 heterocycles. The first-order valence-corrected chi connectivity index (χ1v) is 8.69. The molecule has 1 atom stereocenters. The zero-order chi connectivity index (χ0) is 16.6. The molecule has 1 aliphatic heterocycles. The van der Waals surface area contributed by atoms with Gasteiger partial charge in [0.25, 0.3) is 0 Å². The summed E-state index contributed by atoms with van der Waals surface area (Å²) in [6.45, 7) is 1.86. The van der Waals surface area contributed by atoms with Crippen LogP contribution in [0.5, 0.6) is 0 Å². The van der Waals surface area contributed by atoms with E-state index in [1.165, 1.54) is 10.5 Å². The van der Waals surface area contributed by atoms with E-state index in [9.17, 15) is 13.2 Å². The van der Waals surface area contributed by atoms with E-state index in [2.05, 4.69) is 15.0 Å². The van der Waals surface area contributed by atoms with Gasteiger partial charge in [-0.3, -0.25) is 4.98 Å². The Hall–Kier alpha value is -1.48. The molecule has 1 unspecified atom stereocenters. The normalized spacial score (nSPS) is 15.5. The smallest absolute Gasteiger partial charge is 0.384 e. The highest BCUT2D eigenvalue weighted by Gasteiger charge is 2.33. The number of nitrogens with two attached hydrogens (primary N) is 1. The standard InChI is InChI=1S/C14H13F3N4S2/c1-7(9-4-8-2-3-22-10(8)6-19-9)23-13-20-11(14(15,16)17)5-12(18)21-13/h4-7H,2-3H2,1H3,(H2,18,20,21). The van der Waals surface area contributed by atoms with Gasteiger partial charge in [-0.05, 0) is 25.0 Å². The minimum absolute atomic E-state index is 0.00139. The molecule has 4 nitrogen and oxygen atoms in total. The van der Waals surface area contributed by atoms with E-state index in [0.717, 1.165) is 35.7 Å². The van der Waals surface area contributed by atoms with Gasteiger partial charge in [0.15, 0.2) is 10.9 Å². The summed E-state index contributed by atoms with van der Waals surface area (Å²) in [5.74, 6) is 0.843. The first-order chi connectivity index (χ1) is 10.8. The third-order valence-electron chi connectivity index (χ3n) is 3.31. The fraction of sp³-hybridized carbons (Fsp3) is 0.357. The average Bonchev–Trinajstić information content (AvgIpc) is 2.93. The molecule has 9 heteroatoms. The van der Waals surface area contributed by atoms with Crippen LogP contribution in [0.15, 0.2) is 28.4 Å². The molecule has 0 bridgehead atoms. The molecular weight excluding hydrogens is 345 g/mol. The summed E-state index contributed by atoms with van der Waals surface area (Å²) in [5, 5.41) is -0.171. The van der Waals surface area contributed by atoms with Gasteiger partial charge in [-0.15, -0.1) is 11.8 Å². The second-order valence-corrected chi connectivity index (χ2v) is 7.48. The molecule has 0 fully saturated rings. The van der Waals surface area contributed by atoms with E-state index < -0.39 is 11.9 Å². The topological polar surface area (TPSA) is 64.7 Å². The van der Waals surface area contributed by atoms with Crippen LogP contribution in [0, 0.1) is 0 Å². The maximum absolute atomic E-state index is 12.8. The number of fused-ring (bicyclic) bond motifs is 1. The molecule has 2 N–H and O–H groups in total.